The van der Waals surface area contributed by atoms with E-state index < -0.39 is 11.9 Å². The van der Waals surface area contributed by atoms with E-state index in [1.165, 1.54) is 39.2 Å². The Hall–Kier alpha value is -3.36. The van der Waals surface area contributed by atoms with E-state index in [1.54, 1.807) is 13.0 Å². The van der Waals surface area contributed by atoms with Crippen molar-refractivity contribution in [2.45, 2.75) is 89.3 Å². The lowest BCUT2D eigenvalue weighted by atomic mass is 9.69. The second-order valence-electron chi connectivity index (χ2n) is 16.0. The van der Waals surface area contributed by atoms with Gasteiger partial charge in [-0.25, -0.2) is 9.37 Å². The van der Waals surface area contributed by atoms with Crippen LogP contribution in [0.15, 0.2) is 6.07 Å². The normalized spacial score (nSPS) is 29.4. The van der Waals surface area contributed by atoms with Gasteiger partial charge in [0.15, 0.2) is 5.82 Å². The fourth-order valence-corrected chi connectivity index (χ4v) is 10.3. The summed E-state index contributed by atoms with van der Waals surface area (Å²) in [7, 11) is 1.46. The number of likely N-dealkylation sites (tertiary alicyclic amines) is 1. The lowest BCUT2D eigenvalue weighted by Crippen LogP contribution is -2.56. The van der Waals surface area contributed by atoms with Crippen LogP contribution in [0.2, 0.25) is 5.02 Å². The van der Waals surface area contributed by atoms with Crippen LogP contribution in [0.1, 0.15) is 75.3 Å². The van der Waals surface area contributed by atoms with Gasteiger partial charge in [-0.3, -0.25) is 4.90 Å². The molecule has 12 nitrogen and oxygen atoms in total. The number of β-amino-alcohol motifs (C(OH)–C–C–N with tert-alkyl or cyclic N) is 1. The smallest absolute Gasteiger partial charge is 0.319 e. The third kappa shape index (κ3) is 6.60. The molecule has 3 unspecified atom stereocenters. The highest BCUT2D eigenvalue weighted by atomic mass is 35.5. The molecule has 2 aliphatic carbocycles. The Morgan fingerprint density at radius 3 is 2.66 bits per heavy atom. The zero-order valence-electron chi connectivity index (χ0n) is 30.8. The number of benzene rings is 1. The SMILES string of the molecule is COc1nc(-c2c(C)c(Cl)cc(N)c2C=N)c(F)c2nc(OCC34CCCC3N(C3CCC5(CCOC5)CC3)CCC4)nc(N3CCOCC(O)C3)c12. The molecule has 3 aromatic rings. The molecule has 286 valence electrons. The monoisotopic (exact) mass is 751 g/mol. The zero-order chi connectivity index (χ0) is 36.9. The van der Waals surface area contributed by atoms with E-state index in [9.17, 15) is 5.11 Å². The quantitative estimate of drug-likeness (QED) is 0.185. The molecule has 14 heteroatoms. The van der Waals surface area contributed by atoms with Gasteiger partial charge < -0.3 is 40.1 Å². The van der Waals surface area contributed by atoms with Gasteiger partial charge in [-0.15, -0.1) is 0 Å². The lowest BCUT2D eigenvalue weighted by molar-refractivity contribution is -0.0405. The number of piperidine rings is 1. The summed E-state index contributed by atoms with van der Waals surface area (Å²) >= 11 is 6.54. The number of nitrogens with zero attached hydrogens (tertiary/aromatic N) is 5. The third-order valence-electron chi connectivity index (χ3n) is 12.9. The number of anilines is 2. The van der Waals surface area contributed by atoms with Crippen LogP contribution in [0.4, 0.5) is 15.9 Å². The number of nitrogens with two attached hydrogens (primary N) is 1. The first-order valence-corrected chi connectivity index (χ1v) is 19.6. The molecule has 5 fully saturated rings. The summed E-state index contributed by atoms with van der Waals surface area (Å²) in [6.45, 7) is 6.21. The van der Waals surface area contributed by atoms with Crippen LogP contribution in [0, 0.1) is 29.0 Å². The van der Waals surface area contributed by atoms with Gasteiger partial charge in [0.25, 0.3) is 0 Å². The van der Waals surface area contributed by atoms with E-state index in [0.717, 1.165) is 58.1 Å². The summed E-state index contributed by atoms with van der Waals surface area (Å²) in [6, 6.07) is 2.59. The maximum Gasteiger partial charge on any atom is 0.319 e. The van der Waals surface area contributed by atoms with E-state index in [-0.39, 0.29) is 63.9 Å². The molecule has 3 aliphatic heterocycles. The first-order valence-electron chi connectivity index (χ1n) is 19.2. The predicted molar refractivity (Wildman–Crippen MR) is 202 cm³/mol. The Morgan fingerprint density at radius 1 is 1.09 bits per heavy atom. The van der Waals surface area contributed by atoms with Crippen LogP contribution in [-0.2, 0) is 9.47 Å². The number of aromatic nitrogens is 3. The first kappa shape index (κ1) is 36.6. The largest absolute Gasteiger partial charge is 0.480 e. The molecule has 8 rings (SSSR count). The van der Waals surface area contributed by atoms with Gasteiger partial charge in [0, 0.05) is 65.2 Å². The highest BCUT2D eigenvalue weighted by Crippen LogP contribution is 2.52. The zero-order valence-corrected chi connectivity index (χ0v) is 31.5. The van der Waals surface area contributed by atoms with Gasteiger partial charge >= 0.3 is 6.01 Å². The van der Waals surface area contributed by atoms with Crippen molar-refractivity contribution in [3.8, 4) is 23.1 Å². The van der Waals surface area contributed by atoms with Crippen molar-refractivity contribution in [2.24, 2.45) is 10.8 Å². The molecule has 1 aromatic carbocycles. The molecule has 0 amide bonds. The Kier molecular flexibility index (Phi) is 10.2. The first-order chi connectivity index (χ1) is 25.7. The van der Waals surface area contributed by atoms with Crippen molar-refractivity contribution in [1.82, 2.24) is 19.9 Å². The average molecular weight is 752 g/mol. The third-order valence-corrected chi connectivity index (χ3v) is 13.3. The molecule has 53 heavy (non-hydrogen) atoms. The van der Waals surface area contributed by atoms with Crippen LogP contribution in [0.3, 0.4) is 0 Å². The molecular formula is C39H51ClFN7O5. The molecular weight excluding hydrogens is 701 g/mol. The molecule has 1 spiro atoms. The minimum Gasteiger partial charge on any atom is -0.480 e. The standard InChI is InChI=1S/C39H51ClFN7O5/c1-23-27(40)17-28(43)26(18-42)30(23)33-32(41)34-31(36(44-33)50-2)35(47-14-16-51-20-25(49)19-47)46-37(45-34)53-22-39-8-3-5-29(39)48(13-4-9-39)24-6-10-38(11-7-24)12-15-52-21-38/h17-18,24-25,29,42,49H,3-16,19-22,43H2,1-2H3. The average Bonchev–Trinajstić information content (AvgIpc) is 3.75. The molecule has 0 radical (unpaired) electrons. The number of halogens is 2. The van der Waals surface area contributed by atoms with Gasteiger partial charge in [-0.2, -0.15) is 9.97 Å². The van der Waals surface area contributed by atoms with E-state index in [0.29, 0.717) is 53.7 Å². The number of methoxy groups -OCH3 is 1. The number of rotatable bonds is 8. The molecule has 5 heterocycles. The Balaban J connectivity index is 1.17. The maximum absolute atomic E-state index is 17.2. The summed E-state index contributed by atoms with van der Waals surface area (Å²) in [4.78, 5) is 19.0. The number of hydrogen-bond donors (Lipinski definition) is 3. The second kappa shape index (κ2) is 14.7. The summed E-state index contributed by atoms with van der Waals surface area (Å²) < 4.78 is 41.1. The molecule has 2 saturated carbocycles. The Bertz CT molecular complexity index is 1870. The van der Waals surface area contributed by atoms with Crippen molar-refractivity contribution in [3.05, 3.63) is 28.0 Å². The van der Waals surface area contributed by atoms with Gasteiger partial charge in [0.1, 0.15) is 22.4 Å². The second-order valence-corrected chi connectivity index (χ2v) is 16.4. The van der Waals surface area contributed by atoms with E-state index >= 15 is 4.39 Å². The highest BCUT2D eigenvalue weighted by Gasteiger charge is 2.51. The van der Waals surface area contributed by atoms with Crippen LogP contribution in [0.25, 0.3) is 22.2 Å². The number of ether oxygens (including phenoxy) is 4. The highest BCUT2D eigenvalue weighted by molar-refractivity contribution is 6.32. The van der Waals surface area contributed by atoms with Crippen LogP contribution >= 0.6 is 11.6 Å². The van der Waals surface area contributed by atoms with E-state index in [4.69, 9.17) is 51.7 Å². The summed E-state index contributed by atoms with van der Waals surface area (Å²) in [5, 5.41) is 19.4. The van der Waals surface area contributed by atoms with Crippen molar-refractivity contribution >= 4 is 40.2 Å². The maximum atomic E-state index is 17.2. The summed E-state index contributed by atoms with van der Waals surface area (Å²) in [5.41, 5.74) is 7.78. The Labute approximate surface area is 315 Å². The van der Waals surface area contributed by atoms with E-state index in [2.05, 4.69) is 9.88 Å². The molecule has 3 atom stereocenters. The van der Waals surface area contributed by atoms with Crippen LogP contribution in [0.5, 0.6) is 11.9 Å². The van der Waals surface area contributed by atoms with Gasteiger partial charge in [0.2, 0.25) is 5.88 Å². The Morgan fingerprint density at radius 2 is 1.91 bits per heavy atom. The van der Waals surface area contributed by atoms with Gasteiger partial charge in [-0.05, 0) is 88.3 Å². The number of fused-ring (bicyclic) bond motifs is 2. The van der Waals surface area contributed by atoms with E-state index in [1.807, 2.05) is 4.90 Å². The van der Waals surface area contributed by atoms with Crippen molar-refractivity contribution < 1.29 is 28.4 Å². The predicted octanol–water partition coefficient (Wildman–Crippen LogP) is 5.94. The fraction of sp³-hybridized carbons (Fsp3) is 0.641. The molecule has 2 aromatic heterocycles. The number of aliphatic hydroxyl groups is 1. The summed E-state index contributed by atoms with van der Waals surface area (Å²) in [6.07, 6.45) is 11.9. The number of aliphatic hydroxyl groups excluding tert-OH is 1. The summed E-state index contributed by atoms with van der Waals surface area (Å²) in [5.74, 6) is -0.309. The lowest BCUT2D eigenvalue weighted by Gasteiger charge is -2.51. The number of nitrogens with one attached hydrogen (secondary N) is 1. The van der Waals surface area contributed by atoms with Crippen molar-refractivity contribution in [1.29, 1.82) is 5.41 Å². The number of pyridine rings is 1. The van der Waals surface area contributed by atoms with Gasteiger partial charge in [-0.1, -0.05) is 18.0 Å². The molecule has 3 saturated heterocycles. The van der Waals surface area contributed by atoms with Gasteiger partial charge in [0.05, 0.1) is 39.6 Å². The van der Waals surface area contributed by atoms with Crippen molar-refractivity contribution in [3.63, 3.8) is 0 Å². The number of nitrogen functional groups attached to an aromatic ring is 1. The van der Waals surface area contributed by atoms with Crippen LogP contribution in [-0.4, -0.2) is 109 Å². The molecule has 4 N–H and O–H groups in total. The molecule has 5 aliphatic rings. The topological polar surface area (TPSA) is 152 Å². The molecule has 0 bridgehead atoms. The van der Waals surface area contributed by atoms with Crippen molar-refractivity contribution in [2.75, 3.05) is 70.4 Å². The van der Waals surface area contributed by atoms with Crippen LogP contribution < -0.4 is 20.1 Å². The fourth-order valence-electron chi connectivity index (χ4n) is 10.1. The number of hydrogen-bond acceptors (Lipinski definition) is 12. The minimum atomic E-state index is -0.788. The minimum absolute atomic E-state index is 0.0434.